The summed E-state index contributed by atoms with van der Waals surface area (Å²) >= 11 is 1.19. The molecule has 1 amide bonds. The number of amidine groups is 1. The molecule has 1 aromatic rings. The molecular weight excluding hydrogens is 388 g/mol. The molecule has 2 N–H and O–H groups in total. The lowest BCUT2D eigenvalue weighted by Crippen LogP contribution is -2.43. The van der Waals surface area contributed by atoms with Gasteiger partial charge in [0, 0.05) is 49.5 Å². The van der Waals surface area contributed by atoms with E-state index in [9.17, 15) is 4.79 Å². The first kappa shape index (κ1) is 19.7. The summed E-state index contributed by atoms with van der Waals surface area (Å²) in [5.74, 6) is 1.51. The van der Waals surface area contributed by atoms with Crippen molar-refractivity contribution in [2.75, 3.05) is 19.6 Å². The van der Waals surface area contributed by atoms with E-state index in [1.54, 1.807) is 10.4 Å². The zero-order chi connectivity index (χ0) is 20.4. The lowest BCUT2D eigenvalue weighted by Gasteiger charge is -2.35. The van der Waals surface area contributed by atoms with Crippen LogP contribution in [0, 0.1) is 0 Å². The molecule has 3 aliphatic rings. The number of hydrazone groups is 1. The molecule has 2 atom stereocenters. The Morgan fingerprint density at radius 3 is 2.93 bits per heavy atom. The Bertz CT molecular complexity index is 862. The lowest BCUT2D eigenvalue weighted by atomic mass is 10.0. The topological polar surface area (TPSA) is 103 Å². The van der Waals surface area contributed by atoms with E-state index in [0.717, 1.165) is 50.2 Å². The summed E-state index contributed by atoms with van der Waals surface area (Å²) in [6.07, 6.45) is 7.82. The smallest absolute Gasteiger partial charge is 0.275 e. The highest BCUT2D eigenvalue weighted by Gasteiger charge is 2.30. The minimum Gasteiger partial charge on any atom is -0.355 e. The predicted octanol–water partition coefficient (Wildman–Crippen LogP) is 1.64. The van der Waals surface area contributed by atoms with Crippen LogP contribution in [-0.4, -0.2) is 74.6 Å². The number of nitrogens with zero attached hydrogens (tertiary/aromatic N) is 7. The SMILES string of the molecule is C=NN1C=C(C)C(N2CC[C@H](N)C2)=N/C1=C/C1CCCCN1C(=O)c1csnn1. The van der Waals surface area contributed by atoms with Crippen LogP contribution < -0.4 is 5.73 Å². The minimum atomic E-state index is -0.0873. The van der Waals surface area contributed by atoms with Crippen molar-refractivity contribution in [1.82, 2.24) is 24.4 Å². The first-order valence-corrected chi connectivity index (χ1v) is 10.7. The zero-order valence-corrected chi connectivity index (χ0v) is 17.4. The Labute approximate surface area is 174 Å². The van der Waals surface area contributed by atoms with Gasteiger partial charge in [-0.1, -0.05) is 4.49 Å². The predicted molar refractivity (Wildman–Crippen MR) is 113 cm³/mol. The fourth-order valence-electron chi connectivity index (χ4n) is 4.04. The maximum Gasteiger partial charge on any atom is 0.275 e. The fourth-order valence-corrected chi connectivity index (χ4v) is 4.47. The van der Waals surface area contributed by atoms with Gasteiger partial charge in [-0.2, -0.15) is 5.10 Å². The molecule has 2 saturated heterocycles. The summed E-state index contributed by atoms with van der Waals surface area (Å²) in [4.78, 5) is 21.9. The standard InChI is InChI=1S/C19H26N8OS/c1-13-10-27(21-2)17(22-18(13)25-8-6-14(20)11-25)9-15-5-3-4-7-26(15)19(28)16-12-29-24-23-16/h9-10,12,14-15H,2-8,11,20H2,1H3/b17-9-/t14-,15?/m0/s1. The third-order valence-corrected chi connectivity index (χ3v) is 6.04. The maximum absolute atomic E-state index is 12.9. The van der Waals surface area contributed by atoms with Crippen molar-refractivity contribution in [2.24, 2.45) is 15.8 Å². The summed E-state index contributed by atoms with van der Waals surface area (Å²) in [5.41, 5.74) is 7.51. The molecule has 10 heteroatoms. The van der Waals surface area contributed by atoms with Crippen LogP contribution in [0.2, 0.25) is 0 Å². The van der Waals surface area contributed by atoms with Crippen molar-refractivity contribution < 1.29 is 4.79 Å². The molecule has 0 spiro atoms. The number of carbonyl (C=O) groups excluding carboxylic acids is 1. The Balaban J connectivity index is 1.63. The molecule has 154 valence electrons. The normalized spacial score (nSPS) is 26.6. The molecule has 9 nitrogen and oxygen atoms in total. The fraction of sp³-hybridized carbons (Fsp3) is 0.526. The van der Waals surface area contributed by atoms with Gasteiger partial charge < -0.3 is 15.5 Å². The van der Waals surface area contributed by atoms with Crippen molar-refractivity contribution in [3.63, 3.8) is 0 Å². The van der Waals surface area contributed by atoms with Crippen LogP contribution in [0.5, 0.6) is 0 Å². The van der Waals surface area contributed by atoms with E-state index in [-0.39, 0.29) is 18.0 Å². The summed E-state index contributed by atoms with van der Waals surface area (Å²) in [7, 11) is 0. The number of nitrogens with two attached hydrogens (primary N) is 1. The highest BCUT2D eigenvalue weighted by Crippen LogP contribution is 2.26. The first-order chi connectivity index (χ1) is 14.1. The number of rotatable bonds is 3. The van der Waals surface area contributed by atoms with Gasteiger partial charge in [0.05, 0.1) is 6.04 Å². The summed E-state index contributed by atoms with van der Waals surface area (Å²) in [5, 5.41) is 11.4. The molecule has 0 aliphatic carbocycles. The number of carbonyl (C=O) groups is 1. The second kappa shape index (κ2) is 8.42. The van der Waals surface area contributed by atoms with Gasteiger partial charge in [0.25, 0.3) is 5.91 Å². The summed E-state index contributed by atoms with van der Waals surface area (Å²) in [6, 6.07) is 0.0986. The third-order valence-electron chi connectivity index (χ3n) is 5.53. The average Bonchev–Trinajstić information content (AvgIpc) is 3.41. The molecule has 0 bridgehead atoms. The van der Waals surface area contributed by atoms with Crippen molar-refractivity contribution in [3.05, 3.63) is 34.7 Å². The molecule has 1 aromatic heterocycles. The highest BCUT2D eigenvalue weighted by atomic mass is 32.1. The quantitative estimate of drug-likeness (QED) is 0.754. The molecule has 1 unspecified atom stereocenters. The van der Waals surface area contributed by atoms with Crippen LogP contribution in [0.25, 0.3) is 0 Å². The molecule has 4 heterocycles. The van der Waals surface area contributed by atoms with Gasteiger partial charge in [-0.3, -0.25) is 4.79 Å². The van der Waals surface area contributed by atoms with Gasteiger partial charge in [0.15, 0.2) is 11.5 Å². The Kier molecular flexibility index (Phi) is 5.72. The molecule has 3 aliphatic heterocycles. The van der Waals surface area contributed by atoms with Gasteiger partial charge in [-0.15, -0.1) is 5.10 Å². The van der Waals surface area contributed by atoms with E-state index in [1.165, 1.54) is 11.5 Å². The second-order valence-corrected chi connectivity index (χ2v) is 8.21. The van der Waals surface area contributed by atoms with Crippen LogP contribution in [0.15, 0.2) is 39.1 Å². The van der Waals surface area contributed by atoms with Gasteiger partial charge in [0.1, 0.15) is 5.84 Å². The molecule has 2 fully saturated rings. The van der Waals surface area contributed by atoms with E-state index < -0.39 is 0 Å². The Morgan fingerprint density at radius 2 is 2.24 bits per heavy atom. The van der Waals surface area contributed by atoms with Crippen LogP contribution in [0.1, 0.15) is 43.1 Å². The van der Waals surface area contributed by atoms with Gasteiger partial charge in [-0.25, -0.2) is 10.0 Å². The van der Waals surface area contributed by atoms with E-state index in [2.05, 4.69) is 26.3 Å². The van der Waals surface area contributed by atoms with Crippen molar-refractivity contribution in [1.29, 1.82) is 0 Å². The van der Waals surface area contributed by atoms with Crippen molar-refractivity contribution in [3.8, 4) is 0 Å². The molecule has 0 aromatic carbocycles. The minimum absolute atomic E-state index is 0.0742. The third kappa shape index (κ3) is 4.08. The summed E-state index contributed by atoms with van der Waals surface area (Å²) < 4.78 is 3.82. The van der Waals surface area contributed by atoms with Crippen molar-refractivity contribution >= 4 is 30.0 Å². The number of aliphatic imine (C=N–C) groups is 1. The van der Waals surface area contributed by atoms with Gasteiger partial charge in [0.2, 0.25) is 0 Å². The van der Waals surface area contributed by atoms with Gasteiger partial charge in [-0.05, 0) is 50.2 Å². The second-order valence-electron chi connectivity index (χ2n) is 7.60. The van der Waals surface area contributed by atoms with Crippen LogP contribution >= 0.6 is 11.5 Å². The molecule has 0 saturated carbocycles. The maximum atomic E-state index is 12.9. The van der Waals surface area contributed by atoms with Gasteiger partial charge >= 0.3 is 0 Å². The van der Waals surface area contributed by atoms with E-state index >= 15 is 0 Å². The zero-order valence-electron chi connectivity index (χ0n) is 16.6. The van der Waals surface area contributed by atoms with E-state index in [1.807, 2.05) is 24.1 Å². The average molecular weight is 415 g/mol. The monoisotopic (exact) mass is 414 g/mol. The molecular formula is C19H26N8OS. The van der Waals surface area contributed by atoms with E-state index in [4.69, 9.17) is 10.7 Å². The highest BCUT2D eigenvalue weighted by molar-refractivity contribution is 7.03. The number of likely N-dealkylation sites (tertiary alicyclic amines) is 2. The Hall–Kier alpha value is -2.59. The number of hydrogen-bond acceptors (Lipinski definition) is 9. The Morgan fingerprint density at radius 1 is 1.38 bits per heavy atom. The number of hydrogen-bond donors (Lipinski definition) is 1. The largest absolute Gasteiger partial charge is 0.355 e. The molecule has 29 heavy (non-hydrogen) atoms. The van der Waals surface area contributed by atoms with Crippen LogP contribution in [0.4, 0.5) is 0 Å². The van der Waals surface area contributed by atoms with Crippen molar-refractivity contribution in [2.45, 2.75) is 44.7 Å². The lowest BCUT2D eigenvalue weighted by molar-refractivity contribution is 0.0656. The number of amides is 1. The number of piperidine rings is 1. The first-order valence-electron chi connectivity index (χ1n) is 9.90. The number of aromatic nitrogens is 2. The van der Waals surface area contributed by atoms with Crippen LogP contribution in [0.3, 0.4) is 0 Å². The molecule has 0 radical (unpaired) electrons. The van der Waals surface area contributed by atoms with E-state index in [0.29, 0.717) is 18.1 Å². The van der Waals surface area contributed by atoms with Crippen LogP contribution in [-0.2, 0) is 0 Å². The summed E-state index contributed by atoms with van der Waals surface area (Å²) in [6.45, 7) is 8.08. The molecule has 4 rings (SSSR count).